The fourth-order valence-electron chi connectivity index (χ4n) is 2.76. The molecule has 1 N–H and O–H groups in total. The van der Waals surface area contributed by atoms with Gasteiger partial charge in [0.05, 0.1) is 13.3 Å². The van der Waals surface area contributed by atoms with E-state index in [1.54, 1.807) is 7.11 Å². The molecule has 0 bridgehead atoms. The Morgan fingerprint density at radius 3 is 2.58 bits per heavy atom. The van der Waals surface area contributed by atoms with Gasteiger partial charge in [0.1, 0.15) is 6.61 Å². The Bertz CT molecular complexity index is 830. The minimum Gasteiger partial charge on any atom is -0.493 e. The van der Waals surface area contributed by atoms with Crippen LogP contribution in [-0.4, -0.2) is 16.9 Å². The molecule has 1 atom stereocenters. The van der Waals surface area contributed by atoms with Gasteiger partial charge in [-0.25, -0.2) is 0 Å². The highest BCUT2D eigenvalue weighted by Gasteiger charge is 2.11. The van der Waals surface area contributed by atoms with Crippen LogP contribution in [0.2, 0.25) is 0 Å². The number of aromatic nitrogens is 2. The van der Waals surface area contributed by atoms with Crippen molar-refractivity contribution in [3.05, 3.63) is 77.6 Å². The fourth-order valence-corrected chi connectivity index (χ4v) is 2.76. The van der Waals surface area contributed by atoms with Crippen LogP contribution in [0.3, 0.4) is 0 Å². The molecule has 1 unspecified atom stereocenters. The number of hydrogen-bond acceptors (Lipinski definition) is 4. The number of rotatable bonds is 8. The number of ether oxygens (including phenoxy) is 2. The molecule has 0 spiro atoms. The molecule has 0 aliphatic heterocycles. The van der Waals surface area contributed by atoms with Gasteiger partial charge in [-0.1, -0.05) is 36.4 Å². The van der Waals surface area contributed by atoms with E-state index in [0.29, 0.717) is 6.61 Å². The highest BCUT2D eigenvalue weighted by Crippen LogP contribution is 2.31. The Morgan fingerprint density at radius 2 is 1.88 bits per heavy atom. The Morgan fingerprint density at radius 1 is 1.08 bits per heavy atom. The first kappa shape index (κ1) is 18.0. The van der Waals surface area contributed by atoms with Crippen LogP contribution >= 0.6 is 0 Å². The van der Waals surface area contributed by atoms with E-state index in [4.69, 9.17) is 9.47 Å². The zero-order valence-corrected chi connectivity index (χ0v) is 15.5. The summed E-state index contributed by atoms with van der Waals surface area (Å²) in [7, 11) is 3.59. The first-order valence-corrected chi connectivity index (χ1v) is 8.71. The summed E-state index contributed by atoms with van der Waals surface area (Å²) in [6, 6.07) is 16.4. The maximum absolute atomic E-state index is 5.92. The summed E-state index contributed by atoms with van der Waals surface area (Å²) in [6.45, 7) is 3.42. The standard InChI is InChI=1S/C21H25N3O2/c1-16(22-12-18-13-23-24(2)14-18)19-9-10-20(21(11-19)25-3)26-15-17-7-5-4-6-8-17/h4-11,13-14,16,22H,12,15H2,1-3H3. The minimum atomic E-state index is 0.187. The Labute approximate surface area is 154 Å². The van der Waals surface area contributed by atoms with E-state index < -0.39 is 0 Å². The highest BCUT2D eigenvalue weighted by molar-refractivity contribution is 5.44. The Balaban J connectivity index is 1.63. The van der Waals surface area contributed by atoms with Crippen molar-refractivity contribution in [3.63, 3.8) is 0 Å². The van der Waals surface area contributed by atoms with Gasteiger partial charge >= 0.3 is 0 Å². The van der Waals surface area contributed by atoms with Crippen molar-refractivity contribution in [2.24, 2.45) is 7.05 Å². The van der Waals surface area contributed by atoms with Crippen LogP contribution in [0.5, 0.6) is 11.5 Å². The van der Waals surface area contributed by atoms with Gasteiger partial charge in [0.25, 0.3) is 0 Å². The molecule has 3 aromatic rings. The number of benzene rings is 2. The molecule has 0 radical (unpaired) electrons. The highest BCUT2D eigenvalue weighted by atomic mass is 16.5. The van der Waals surface area contributed by atoms with Crippen LogP contribution in [0.4, 0.5) is 0 Å². The van der Waals surface area contributed by atoms with Gasteiger partial charge in [-0.15, -0.1) is 0 Å². The molecular formula is C21H25N3O2. The summed E-state index contributed by atoms with van der Waals surface area (Å²) in [4.78, 5) is 0. The van der Waals surface area contributed by atoms with Crippen molar-refractivity contribution in [1.29, 1.82) is 0 Å². The third-order valence-electron chi connectivity index (χ3n) is 4.30. The minimum absolute atomic E-state index is 0.187. The monoisotopic (exact) mass is 351 g/mol. The molecule has 26 heavy (non-hydrogen) atoms. The van der Waals surface area contributed by atoms with Crippen LogP contribution in [0.25, 0.3) is 0 Å². The molecule has 0 saturated heterocycles. The van der Waals surface area contributed by atoms with Gasteiger partial charge in [-0.05, 0) is 30.2 Å². The summed E-state index contributed by atoms with van der Waals surface area (Å²) in [6.07, 6.45) is 3.89. The predicted molar refractivity (Wildman–Crippen MR) is 102 cm³/mol. The first-order valence-electron chi connectivity index (χ1n) is 8.71. The normalized spacial score (nSPS) is 12.0. The molecule has 136 valence electrons. The van der Waals surface area contributed by atoms with E-state index in [0.717, 1.165) is 34.7 Å². The molecule has 5 nitrogen and oxygen atoms in total. The summed E-state index contributed by atoms with van der Waals surface area (Å²) >= 11 is 0. The van der Waals surface area contributed by atoms with Gasteiger partial charge in [-0.3, -0.25) is 4.68 Å². The van der Waals surface area contributed by atoms with Crippen molar-refractivity contribution in [2.75, 3.05) is 7.11 Å². The van der Waals surface area contributed by atoms with Gasteiger partial charge < -0.3 is 14.8 Å². The maximum Gasteiger partial charge on any atom is 0.161 e. The topological polar surface area (TPSA) is 48.3 Å². The van der Waals surface area contributed by atoms with Crippen LogP contribution in [0, 0.1) is 0 Å². The van der Waals surface area contributed by atoms with Crippen LogP contribution in [0.15, 0.2) is 60.9 Å². The second kappa shape index (κ2) is 8.54. The van der Waals surface area contributed by atoms with E-state index in [1.807, 2.05) is 66.6 Å². The smallest absolute Gasteiger partial charge is 0.161 e. The van der Waals surface area contributed by atoms with Crippen molar-refractivity contribution < 1.29 is 9.47 Å². The number of nitrogens with one attached hydrogen (secondary N) is 1. The van der Waals surface area contributed by atoms with E-state index in [9.17, 15) is 0 Å². The summed E-state index contributed by atoms with van der Waals surface area (Å²) < 4.78 is 13.3. The van der Waals surface area contributed by atoms with Crippen LogP contribution < -0.4 is 14.8 Å². The molecule has 1 heterocycles. The van der Waals surface area contributed by atoms with E-state index in [2.05, 4.69) is 23.4 Å². The number of nitrogens with zero attached hydrogens (tertiary/aromatic N) is 2. The molecule has 2 aromatic carbocycles. The van der Waals surface area contributed by atoms with Crippen molar-refractivity contribution in [2.45, 2.75) is 26.1 Å². The lowest BCUT2D eigenvalue weighted by atomic mass is 10.1. The molecular weight excluding hydrogens is 326 g/mol. The molecule has 0 aliphatic rings. The summed E-state index contributed by atoms with van der Waals surface area (Å²) in [5, 5.41) is 7.70. The zero-order chi connectivity index (χ0) is 18.4. The second-order valence-electron chi connectivity index (χ2n) is 6.31. The lowest BCUT2D eigenvalue weighted by molar-refractivity contribution is 0.284. The first-order chi connectivity index (χ1) is 12.7. The molecule has 0 amide bonds. The van der Waals surface area contributed by atoms with Crippen molar-refractivity contribution >= 4 is 0 Å². The molecule has 3 rings (SSSR count). The van der Waals surface area contributed by atoms with E-state index in [-0.39, 0.29) is 6.04 Å². The largest absolute Gasteiger partial charge is 0.493 e. The van der Waals surface area contributed by atoms with Crippen molar-refractivity contribution in [1.82, 2.24) is 15.1 Å². The molecule has 1 aromatic heterocycles. The molecule has 0 saturated carbocycles. The Hall–Kier alpha value is -2.79. The number of aryl methyl sites for hydroxylation is 1. The third kappa shape index (κ3) is 4.64. The Kier molecular flexibility index (Phi) is 5.92. The fraction of sp³-hybridized carbons (Fsp3) is 0.286. The molecule has 0 aliphatic carbocycles. The molecule has 5 heteroatoms. The molecule has 0 fully saturated rings. The van der Waals surface area contributed by atoms with Crippen molar-refractivity contribution in [3.8, 4) is 11.5 Å². The van der Waals surface area contributed by atoms with Gasteiger partial charge in [0.2, 0.25) is 0 Å². The predicted octanol–water partition coefficient (Wildman–Crippen LogP) is 3.86. The lowest BCUT2D eigenvalue weighted by Crippen LogP contribution is -2.18. The summed E-state index contributed by atoms with van der Waals surface area (Å²) in [5.74, 6) is 1.49. The quantitative estimate of drug-likeness (QED) is 0.669. The van der Waals surface area contributed by atoms with Gasteiger partial charge in [0.15, 0.2) is 11.5 Å². The SMILES string of the molecule is COc1cc(C(C)NCc2cnn(C)c2)ccc1OCc1ccccc1. The maximum atomic E-state index is 5.92. The third-order valence-corrected chi connectivity index (χ3v) is 4.30. The number of methoxy groups -OCH3 is 1. The van der Waals surface area contributed by atoms with Crippen LogP contribution in [0.1, 0.15) is 29.7 Å². The van der Waals surface area contributed by atoms with Gasteiger partial charge in [0, 0.05) is 31.4 Å². The van der Waals surface area contributed by atoms with Gasteiger partial charge in [-0.2, -0.15) is 5.10 Å². The zero-order valence-electron chi connectivity index (χ0n) is 15.5. The average Bonchev–Trinajstić information content (AvgIpc) is 3.10. The second-order valence-corrected chi connectivity index (χ2v) is 6.31. The number of hydrogen-bond donors (Lipinski definition) is 1. The lowest BCUT2D eigenvalue weighted by Gasteiger charge is -2.17. The van der Waals surface area contributed by atoms with E-state index in [1.165, 1.54) is 0 Å². The summed E-state index contributed by atoms with van der Waals surface area (Å²) in [5.41, 5.74) is 3.44. The average molecular weight is 351 g/mol. The van der Waals surface area contributed by atoms with Crippen LogP contribution in [-0.2, 0) is 20.2 Å². The van der Waals surface area contributed by atoms with E-state index >= 15 is 0 Å².